The number of piperidine rings is 2. The average Bonchev–Trinajstić information content (AvgIpc) is 3.55. The van der Waals surface area contributed by atoms with Crippen molar-refractivity contribution < 1.29 is 22.3 Å². The molecular formula is C33H38F4N6O. The molecule has 4 heterocycles. The summed E-state index contributed by atoms with van der Waals surface area (Å²) in [6.07, 6.45) is 7.53. The second-order valence-electron chi connectivity index (χ2n) is 12.2. The SMILES string of the molecule is CCN1CCC2(CCCN(c3c(/C=C(\F)c4nccc(-c5ccnnc5)n4)ccc(OC4CCCC4)c3C(F)(F)F)C2)CC1. The number of hydrogen-bond donors (Lipinski definition) is 0. The van der Waals surface area contributed by atoms with Crippen molar-refractivity contribution >= 4 is 17.6 Å². The van der Waals surface area contributed by atoms with Gasteiger partial charge >= 0.3 is 6.18 Å². The van der Waals surface area contributed by atoms with Gasteiger partial charge in [0.15, 0.2) is 11.7 Å². The maximum absolute atomic E-state index is 15.9. The monoisotopic (exact) mass is 610 g/mol. The minimum atomic E-state index is -4.70. The Balaban J connectivity index is 1.43. The Labute approximate surface area is 255 Å². The van der Waals surface area contributed by atoms with Crippen molar-refractivity contribution in [2.24, 2.45) is 5.41 Å². The first-order valence-corrected chi connectivity index (χ1v) is 15.6. The van der Waals surface area contributed by atoms with E-state index in [1.165, 1.54) is 24.7 Å². The van der Waals surface area contributed by atoms with E-state index in [4.69, 9.17) is 4.74 Å². The lowest BCUT2D eigenvalue weighted by Gasteiger charge is -2.49. The lowest BCUT2D eigenvalue weighted by molar-refractivity contribution is -0.138. The summed E-state index contributed by atoms with van der Waals surface area (Å²) in [5.41, 5.74) is 0.265. The first-order valence-electron chi connectivity index (χ1n) is 15.6. The summed E-state index contributed by atoms with van der Waals surface area (Å²) < 4.78 is 67.2. The molecule has 3 aliphatic rings. The van der Waals surface area contributed by atoms with Crippen LogP contribution in [0.25, 0.3) is 23.2 Å². The molecular weight excluding hydrogens is 572 g/mol. The van der Waals surface area contributed by atoms with Crippen LogP contribution >= 0.6 is 0 Å². The van der Waals surface area contributed by atoms with E-state index in [1.807, 2.05) is 4.90 Å². The Hall–Kier alpha value is -3.60. The molecule has 0 atom stereocenters. The Morgan fingerprint density at radius 3 is 2.50 bits per heavy atom. The van der Waals surface area contributed by atoms with Gasteiger partial charge in [-0.3, -0.25) is 0 Å². The van der Waals surface area contributed by atoms with Gasteiger partial charge < -0.3 is 14.5 Å². The zero-order valence-electron chi connectivity index (χ0n) is 25.0. The predicted molar refractivity (Wildman–Crippen MR) is 162 cm³/mol. The highest BCUT2D eigenvalue weighted by Crippen LogP contribution is 2.49. The Morgan fingerprint density at radius 1 is 1.00 bits per heavy atom. The quantitative estimate of drug-likeness (QED) is 0.258. The van der Waals surface area contributed by atoms with Gasteiger partial charge in [0.25, 0.3) is 0 Å². The maximum Gasteiger partial charge on any atom is 0.421 e. The minimum absolute atomic E-state index is 0.0189. The molecule has 234 valence electrons. The third kappa shape index (κ3) is 6.57. The van der Waals surface area contributed by atoms with Crippen molar-refractivity contribution in [3.63, 3.8) is 0 Å². The topological polar surface area (TPSA) is 67.3 Å². The van der Waals surface area contributed by atoms with Crippen molar-refractivity contribution in [3.8, 4) is 17.0 Å². The number of nitrogens with zero attached hydrogens (tertiary/aromatic N) is 6. The van der Waals surface area contributed by atoms with E-state index in [9.17, 15) is 0 Å². The Morgan fingerprint density at radius 2 is 1.80 bits per heavy atom. The van der Waals surface area contributed by atoms with E-state index in [-0.39, 0.29) is 34.3 Å². The summed E-state index contributed by atoms with van der Waals surface area (Å²) in [7, 11) is 0. The van der Waals surface area contributed by atoms with Crippen molar-refractivity contribution in [1.29, 1.82) is 0 Å². The number of likely N-dealkylation sites (tertiary alicyclic amines) is 1. The molecule has 11 heteroatoms. The normalized spacial score (nSPS) is 19.9. The number of aromatic nitrogens is 4. The molecule has 1 aliphatic carbocycles. The molecule has 2 saturated heterocycles. The van der Waals surface area contributed by atoms with Gasteiger partial charge in [0.1, 0.15) is 11.3 Å². The molecule has 1 spiro atoms. The van der Waals surface area contributed by atoms with Gasteiger partial charge in [-0.25, -0.2) is 14.4 Å². The standard InChI is InChI=1S/C33H38F4N6O/c1-2-42-18-13-32(14-19-42)12-5-17-43(22-32)30-23(8-9-28(29(30)33(35,36)37)44-25-6-3-4-7-25)20-26(34)31-38-15-11-27(41-31)24-10-16-39-40-21-24/h8-11,15-16,20-21,25H,2-7,12-14,17-19,22H2,1H3/b26-20-. The molecule has 1 saturated carbocycles. The van der Waals surface area contributed by atoms with Crippen LogP contribution in [0.15, 0.2) is 42.9 Å². The van der Waals surface area contributed by atoms with Gasteiger partial charge in [-0.15, -0.1) is 0 Å². The number of anilines is 1. The molecule has 3 fully saturated rings. The van der Waals surface area contributed by atoms with Crippen LogP contribution in [0, 0.1) is 5.41 Å². The number of hydrogen-bond acceptors (Lipinski definition) is 7. The fourth-order valence-electron chi connectivity index (χ4n) is 7.03. The maximum atomic E-state index is 15.9. The fraction of sp³-hybridized carbons (Fsp3) is 0.515. The second kappa shape index (κ2) is 12.8. The van der Waals surface area contributed by atoms with Crippen LogP contribution in [-0.2, 0) is 6.18 Å². The van der Waals surface area contributed by atoms with E-state index in [0.29, 0.717) is 24.3 Å². The first-order chi connectivity index (χ1) is 21.2. The molecule has 1 aromatic carbocycles. The summed E-state index contributed by atoms with van der Waals surface area (Å²) in [6, 6.07) is 6.21. The van der Waals surface area contributed by atoms with Gasteiger partial charge in [-0.2, -0.15) is 23.4 Å². The fourth-order valence-corrected chi connectivity index (χ4v) is 7.03. The molecule has 3 aromatic rings. The van der Waals surface area contributed by atoms with Crippen molar-refractivity contribution in [3.05, 3.63) is 59.8 Å². The van der Waals surface area contributed by atoms with Gasteiger partial charge in [-0.1, -0.05) is 6.92 Å². The molecule has 7 nitrogen and oxygen atoms in total. The van der Waals surface area contributed by atoms with E-state index in [2.05, 4.69) is 32.0 Å². The number of rotatable bonds is 7. The molecule has 0 bridgehead atoms. The molecule has 44 heavy (non-hydrogen) atoms. The van der Waals surface area contributed by atoms with Crippen LogP contribution in [-0.4, -0.2) is 63.9 Å². The van der Waals surface area contributed by atoms with Crippen LogP contribution < -0.4 is 9.64 Å². The van der Waals surface area contributed by atoms with Crippen LogP contribution in [0.1, 0.15) is 75.2 Å². The molecule has 0 radical (unpaired) electrons. The number of alkyl halides is 3. The van der Waals surface area contributed by atoms with Crippen LogP contribution in [0.5, 0.6) is 5.75 Å². The average molecular weight is 611 g/mol. The highest BCUT2D eigenvalue weighted by Gasteiger charge is 2.44. The first kappa shape index (κ1) is 30.4. The second-order valence-corrected chi connectivity index (χ2v) is 12.2. The summed E-state index contributed by atoms with van der Waals surface area (Å²) >= 11 is 0. The van der Waals surface area contributed by atoms with Crippen LogP contribution in [0.2, 0.25) is 0 Å². The largest absolute Gasteiger partial charge is 0.490 e. The minimum Gasteiger partial charge on any atom is -0.490 e. The summed E-state index contributed by atoms with van der Waals surface area (Å²) in [4.78, 5) is 12.7. The van der Waals surface area contributed by atoms with E-state index in [0.717, 1.165) is 77.1 Å². The Bertz CT molecular complexity index is 1470. The summed E-state index contributed by atoms with van der Waals surface area (Å²) in [5, 5.41) is 7.60. The van der Waals surface area contributed by atoms with Gasteiger partial charge in [0, 0.05) is 30.4 Å². The summed E-state index contributed by atoms with van der Waals surface area (Å²) in [5.74, 6) is -1.22. The van der Waals surface area contributed by atoms with E-state index < -0.39 is 17.6 Å². The molecule has 2 aromatic heterocycles. The zero-order chi connectivity index (χ0) is 30.7. The van der Waals surface area contributed by atoms with E-state index >= 15 is 17.6 Å². The van der Waals surface area contributed by atoms with Gasteiger partial charge in [0.2, 0.25) is 0 Å². The highest BCUT2D eigenvalue weighted by molar-refractivity contribution is 5.83. The number of halogens is 4. The van der Waals surface area contributed by atoms with Crippen molar-refractivity contribution in [2.75, 3.05) is 37.6 Å². The predicted octanol–water partition coefficient (Wildman–Crippen LogP) is 7.44. The molecule has 2 aliphatic heterocycles. The van der Waals surface area contributed by atoms with E-state index in [1.54, 1.807) is 18.2 Å². The van der Waals surface area contributed by atoms with Crippen LogP contribution in [0.4, 0.5) is 23.2 Å². The summed E-state index contributed by atoms with van der Waals surface area (Å²) in [6.45, 7) is 5.92. The smallest absolute Gasteiger partial charge is 0.421 e. The number of ether oxygens (including phenoxy) is 1. The lowest BCUT2D eigenvalue weighted by Crippen LogP contribution is -2.50. The third-order valence-electron chi connectivity index (χ3n) is 9.42. The third-order valence-corrected chi connectivity index (χ3v) is 9.42. The van der Waals surface area contributed by atoms with Crippen molar-refractivity contribution in [1.82, 2.24) is 25.1 Å². The van der Waals surface area contributed by atoms with Crippen molar-refractivity contribution in [2.45, 2.75) is 70.6 Å². The van der Waals surface area contributed by atoms with Crippen LogP contribution in [0.3, 0.4) is 0 Å². The Kier molecular flexibility index (Phi) is 8.84. The molecule has 6 rings (SSSR count). The molecule has 0 amide bonds. The zero-order valence-corrected chi connectivity index (χ0v) is 25.0. The highest BCUT2D eigenvalue weighted by atomic mass is 19.4. The molecule has 0 N–H and O–H groups in total. The van der Waals surface area contributed by atoms with Gasteiger partial charge in [0.05, 0.1) is 29.9 Å². The molecule has 0 unspecified atom stereocenters. The lowest BCUT2D eigenvalue weighted by atomic mass is 9.72. The number of benzene rings is 1. The van der Waals surface area contributed by atoms with Gasteiger partial charge in [-0.05, 0) is 107 Å².